The van der Waals surface area contributed by atoms with Crippen molar-refractivity contribution in [1.82, 2.24) is 0 Å². The Hall–Kier alpha value is -1.31. The van der Waals surface area contributed by atoms with Gasteiger partial charge in [0.05, 0.1) is 0 Å². The fraction of sp³-hybridized carbons (Fsp3) is 0.462. The Bertz CT molecular complexity index is 296. The smallest absolute Gasteiger partial charge is 0.333 e. The molecule has 0 saturated heterocycles. The first-order valence-electron chi connectivity index (χ1n) is 4.96. The van der Waals surface area contributed by atoms with Crippen LogP contribution in [0.4, 0.5) is 0 Å². The normalized spacial score (nSPS) is 12.1. The summed E-state index contributed by atoms with van der Waals surface area (Å²) in [5.74, 6) is -0.343. The maximum absolute atomic E-state index is 11.3. The number of allylic oxidation sites excluding steroid dienone is 2. The highest BCUT2D eigenvalue weighted by molar-refractivity contribution is 5.87. The summed E-state index contributed by atoms with van der Waals surface area (Å²) in [4.78, 5) is 11.3. The molecule has 0 rings (SSSR count). The third-order valence-electron chi connectivity index (χ3n) is 1.96. The van der Waals surface area contributed by atoms with E-state index in [1.165, 1.54) is 0 Å². The summed E-state index contributed by atoms with van der Waals surface area (Å²) >= 11 is 0. The first kappa shape index (κ1) is 13.7. The van der Waals surface area contributed by atoms with E-state index in [1.54, 1.807) is 13.0 Å². The number of hydrogen-bond donors (Lipinski definition) is 0. The van der Waals surface area contributed by atoms with Gasteiger partial charge >= 0.3 is 5.97 Å². The highest BCUT2D eigenvalue weighted by atomic mass is 16.6. The molecule has 0 fully saturated rings. The van der Waals surface area contributed by atoms with E-state index >= 15 is 0 Å². The summed E-state index contributed by atoms with van der Waals surface area (Å²) < 4.78 is 5.28. The van der Waals surface area contributed by atoms with Gasteiger partial charge in [0.25, 0.3) is 0 Å². The summed E-state index contributed by atoms with van der Waals surface area (Å²) in [6.07, 6.45) is 4.44. The molecule has 0 bridgehead atoms. The van der Waals surface area contributed by atoms with Crippen LogP contribution in [0.25, 0.3) is 0 Å². The fourth-order valence-corrected chi connectivity index (χ4v) is 0.870. The lowest BCUT2D eigenvalue weighted by Gasteiger charge is -2.23. The van der Waals surface area contributed by atoms with Crippen molar-refractivity contribution in [3.05, 3.63) is 36.5 Å². The SMILES string of the molecule is C=CC(C)=CCC(C)(C)OC(=O)C(=C)C. The van der Waals surface area contributed by atoms with Gasteiger partial charge in [-0.1, -0.05) is 30.9 Å². The summed E-state index contributed by atoms with van der Waals surface area (Å²) in [6.45, 7) is 14.6. The van der Waals surface area contributed by atoms with E-state index in [0.717, 1.165) is 5.57 Å². The molecule has 0 unspecified atom stereocenters. The fourth-order valence-electron chi connectivity index (χ4n) is 0.870. The quantitative estimate of drug-likeness (QED) is 0.393. The van der Waals surface area contributed by atoms with Gasteiger partial charge in [-0.3, -0.25) is 0 Å². The summed E-state index contributed by atoms with van der Waals surface area (Å²) in [6, 6.07) is 0. The van der Waals surface area contributed by atoms with Gasteiger partial charge < -0.3 is 4.74 Å². The largest absolute Gasteiger partial charge is 0.456 e. The van der Waals surface area contributed by atoms with Crippen LogP contribution in [0, 0.1) is 0 Å². The van der Waals surface area contributed by atoms with E-state index in [4.69, 9.17) is 4.74 Å². The second kappa shape index (κ2) is 5.54. The first-order chi connectivity index (χ1) is 6.78. The van der Waals surface area contributed by atoms with Gasteiger partial charge in [-0.2, -0.15) is 0 Å². The van der Waals surface area contributed by atoms with Crippen LogP contribution >= 0.6 is 0 Å². The summed E-state index contributed by atoms with van der Waals surface area (Å²) in [7, 11) is 0. The van der Waals surface area contributed by atoms with Gasteiger partial charge in [-0.05, 0) is 27.7 Å². The molecule has 0 aliphatic rings. The Morgan fingerprint density at radius 1 is 1.40 bits per heavy atom. The van der Waals surface area contributed by atoms with Crippen molar-refractivity contribution < 1.29 is 9.53 Å². The lowest BCUT2D eigenvalue weighted by Crippen LogP contribution is -2.27. The highest BCUT2D eigenvalue weighted by Crippen LogP contribution is 2.18. The zero-order valence-electron chi connectivity index (χ0n) is 10.1. The molecule has 0 aliphatic heterocycles. The van der Waals surface area contributed by atoms with Crippen LogP contribution in [-0.4, -0.2) is 11.6 Å². The third kappa shape index (κ3) is 5.89. The molecule has 0 radical (unpaired) electrons. The minimum absolute atomic E-state index is 0.343. The second-order valence-electron chi connectivity index (χ2n) is 4.29. The third-order valence-corrected chi connectivity index (χ3v) is 1.96. The lowest BCUT2D eigenvalue weighted by molar-refractivity contribution is -0.151. The van der Waals surface area contributed by atoms with Crippen LogP contribution in [0.5, 0.6) is 0 Å². The molecule has 0 aromatic heterocycles. The van der Waals surface area contributed by atoms with Crippen molar-refractivity contribution >= 4 is 5.97 Å². The Kier molecular flexibility index (Phi) is 5.06. The number of esters is 1. The highest BCUT2D eigenvalue weighted by Gasteiger charge is 2.21. The van der Waals surface area contributed by atoms with E-state index in [1.807, 2.05) is 26.8 Å². The Labute approximate surface area is 92.3 Å². The predicted molar refractivity (Wildman–Crippen MR) is 63.6 cm³/mol. The molecule has 2 nitrogen and oxygen atoms in total. The Morgan fingerprint density at radius 2 is 1.93 bits per heavy atom. The molecular formula is C13H20O2. The summed E-state index contributed by atoms with van der Waals surface area (Å²) in [5, 5.41) is 0. The van der Waals surface area contributed by atoms with Crippen molar-refractivity contribution in [2.75, 3.05) is 0 Å². The van der Waals surface area contributed by atoms with Crippen molar-refractivity contribution in [2.45, 2.75) is 39.7 Å². The molecule has 0 aromatic rings. The molecule has 0 atom stereocenters. The van der Waals surface area contributed by atoms with E-state index in [-0.39, 0.29) is 5.97 Å². The van der Waals surface area contributed by atoms with E-state index in [9.17, 15) is 4.79 Å². The molecule has 0 saturated carbocycles. The van der Waals surface area contributed by atoms with Crippen LogP contribution in [0.15, 0.2) is 36.5 Å². The zero-order valence-corrected chi connectivity index (χ0v) is 10.1. The lowest BCUT2D eigenvalue weighted by atomic mass is 10.0. The summed E-state index contributed by atoms with van der Waals surface area (Å²) in [5.41, 5.74) is 1.00. The molecule has 84 valence electrons. The Balaban J connectivity index is 4.37. The molecule has 0 amide bonds. The average molecular weight is 208 g/mol. The van der Waals surface area contributed by atoms with Gasteiger partial charge in [0.2, 0.25) is 0 Å². The number of hydrogen-bond acceptors (Lipinski definition) is 2. The topological polar surface area (TPSA) is 26.3 Å². The van der Waals surface area contributed by atoms with Crippen LogP contribution < -0.4 is 0 Å². The zero-order chi connectivity index (χ0) is 12.1. The van der Waals surface area contributed by atoms with Crippen molar-refractivity contribution in [3.63, 3.8) is 0 Å². The molecule has 0 aliphatic carbocycles. The van der Waals surface area contributed by atoms with Crippen LogP contribution in [0.3, 0.4) is 0 Å². The molecule has 0 heterocycles. The monoisotopic (exact) mass is 208 g/mol. The van der Waals surface area contributed by atoms with Gasteiger partial charge in [0.15, 0.2) is 0 Å². The Morgan fingerprint density at radius 3 is 2.33 bits per heavy atom. The molecule has 0 aromatic carbocycles. The van der Waals surface area contributed by atoms with Gasteiger partial charge in [-0.15, -0.1) is 0 Å². The van der Waals surface area contributed by atoms with Gasteiger partial charge in [0.1, 0.15) is 5.60 Å². The molecule has 0 N–H and O–H groups in total. The van der Waals surface area contributed by atoms with E-state index < -0.39 is 5.60 Å². The minimum Gasteiger partial charge on any atom is -0.456 e. The van der Waals surface area contributed by atoms with Gasteiger partial charge in [0, 0.05) is 12.0 Å². The van der Waals surface area contributed by atoms with Crippen molar-refractivity contribution in [2.24, 2.45) is 0 Å². The van der Waals surface area contributed by atoms with Gasteiger partial charge in [-0.25, -0.2) is 4.79 Å². The van der Waals surface area contributed by atoms with Crippen LogP contribution in [-0.2, 0) is 9.53 Å². The molecular weight excluding hydrogens is 188 g/mol. The average Bonchev–Trinajstić information content (AvgIpc) is 2.13. The molecule has 15 heavy (non-hydrogen) atoms. The molecule has 2 heteroatoms. The minimum atomic E-state index is -0.500. The standard InChI is InChI=1S/C13H20O2/c1-7-11(4)8-9-13(5,6)15-12(14)10(2)3/h7-8H,1-2,9H2,3-6H3. The van der Waals surface area contributed by atoms with Crippen LogP contribution in [0.1, 0.15) is 34.1 Å². The maximum atomic E-state index is 11.3. The van der Waals surface area contributed by atoms with E-state index in [0.29, 0.717) is 12.0 Å². The predicted octanol–water partition coefficient (Wildman–Crippen LogP) is 3.41. The number of ether oxygens (including phenoxy) is 1. The second-order valence-corrected chi connectivity index (χ2v) is 4.29. The number of carbonyl (C=O) groups excluding carboxylic acids is 1. The van der Waals surface area contributed by atoms with Crippen LogP contribution in [0.2, 0.25) is 0 Å². The molecule has 0 spiro atoms. The number of carbonyl (C=O) groups is 1. The van der Waals surface area contributed by atoms with Crippen molar-refractivity contribution in [1.29, 1.82) is 0 Å². The maximum Gasteiger partial charge on any atom is 0.333 e. The number of rotatable bonds is 5. The van der Waals surface area contributed by atoms with E-state index in [2.05, 4.69) is 13.2 Å². The van der Waals surface area contributed by atoms with Crippen molar-refractivity contribution in [3.8, 4) is 0 Å². The first-order valence-corrected chi connectivity index (χ1v) is 4.96.